The fraction of sp³-hybridized carbons (Fsp3) is 0.309. The van der Waals surface area contributed by atoms with Gasteiger partial charge < -0.3 is 33.8 Å². The largest absolute Gasteiger partial charge is 0.489 e. The van der Waals surface area contributed by atoms with Gasteiger partial charge in [-0.2, -0.15) is 23.5 Å². The summed E-state index contributed by atoms with van der Waals surface area (Å²) in [4.78, 5) is 31.5. The monoisotopic (exact) mass is 1180 g/mol. The molecule has 0 aliphatic rings. The Labute approximate surface area is 479 Å². The van der Waals surface area contributed by atoms with E-state index in [4.69, 9.17) is 14.2 Å². The number of esters is 2. The maximum Gasteiger partial charge on any atom is 0.339 e. The van der Waals surface area contributed by atoms with Crippen LogP contribution in [0.4, 0.5) is 0 Å². The maximum absolute atomic E-state index is 11.8. The quantitative estimate of drug-likeness (QED) is 0.0562. The molecule has 0 atom stereocenters. The van der Waals surface area contributed by atoms with Crippen molar-refractivity contribution in [3.63, 3.8) is 0 Å². The van der Waals surface area contributed by atoms with Crippen molar-refractivity contribution in [1.82, 2.24) is 9.97 Å². The molecular formula is C55H75BrN2O6S2Y2-2. The first-order chi connectivity index (χ1) is 31.5. The molecule has 0 aliphatic carbocycles. The molecule has 0 N–H and O–H groups in total. The summed E-state index contributed by atoms with van der Waals surface area (Å²) in [5, 5.41) is 0.817. The molecule has 0 saturated carbocycles. The van der Waals surface area contributed by atoms with E-state index in [1.54, 1.807) is 60.2 Å². The van der Waals surface area contributed by atoms with Crippen LogP contribution in [0.1, 0.15) is 110 Å². The van der Waals surface area contributed by atoms with Gasteiger partial charge in [-0.25, -0.2) is 9.59 Å². The smallest absolute Gasteiger partial charge is 0.339 e. The second kappa shape index (κ2) is 50.5. The topological polar surface area (TPSA) is 96.8 Å². The first kappa shape index (κ1) is 74.1. The summed E-state index contributed by atoms with van der Waals surface area (Å²) >= 11 is 6.77. The molecule has 0 unspecified atom stereocenters. The van der Waals surface area contributed by atoms with Crippen molar-refractivity contribution in [3.8, 4) is 11.5 Å². The second-order valence-electron chi connectivity index (χ2n) is 11.8. The third-order valence-electron chi connectivity index (χ3n) is 7.93. The van der Waals surface area contributed by atoms with Gasteiger partial charge in [-0.1, -0.05) is 168 Å². The SMILES string of the molecule is BrCc1ccccc1OCc1ccccc1.CC.CC.CC.CC.COC(=O)c1cccnc1CSC.COC(=O)c1cccnc1CSCc1ccccc1OCc1ccccc1.[CH3-].[CH3-].[Y].[Y]. The standard InChI is InChI=1S/C22H21NO3S.C14H13BrO.C9H11NO2S.4C2H6.2CH3.2Y/c1-25-22(24)19-11-7-13-23-20(19)16-27-15-18-10-5-6-12-21(18)26-14-17-8-3-2-4-9-17;15-10-13-8-4-5-9-14(13)16-11-12-6-2-1-3-7-12;1-12-9(11)7-4-3-5-10-8(7)6-13-2;4*1-2;;;;/h2-13H,14-16H2,1H3;1-9H,10-11H2;3-5H,6H2,1-2H3;4*1-2H3;2*1H3;;/q;;;;;;;2*-1;;. The van der Waals surface area contributed by atoms with Crippen LogP contribution in [-0.2, 0) is 111 Å². The summed E-state index contributed by atoms with van der Waals surface area (Å²) in [6, 6.07) is 43.3. The van der Waals surface area contributed by atoms with E-state index < -0.39 is 0 Å². The van der Waals surface area contributed by atoms with Crippen LogP contribution in [0.25, 0.3) is 0 Å². The number of para-hydroxylation sites is 2. The number of methoxy groups -OCH3 is 2. The van der Waals surface area contributed by atoms with Crippen LogP contribution >= 0.6 is 39.5 Å². The average molecular weight is 1180 g/mol. The molecule has 68 heavy (non-hydrogen) atoms. The van der Waals surface area contributed by atoms with Crippen molar-refractivity contribution < 1.29 is 94.0 Å². The van der Waals surface area contributed by atoms with Gasteiger partial charge in [0.2, 0.25) is 0 Å². The van der Waals surface area contributed by atoms with Crippen LogP contribution in [-0.4, -0.2) is 42.4 Å². The molecule has 0 fully saturated rings. The molecule has 0 bridgehead atoms. The Morgan fingerprint density at radius 3 is 1.26 bits per heavy atom. The summed E-state index contributed by atoms with van der Waals surface area (Å²) in [5.74, 6) is 3.26. The number of aromatic nitrogens is 2. The van der Waals surface area contributed by atoms with E-state index in [9.17, 15) is 9.59 Å². The number of thioether (sulfide) groups is 2. The Morgan fingerprint density at radius 2 is 0.868 bits per heavy atom. The van der Waals surface area contributed by atoms with Crippen molar-refractivity contribution in [3.05, 3.63) is 205 Å². The van der Waals surface area contributed by atoms with Gasteiger partial charge in [0.15, 0.2) is 0 Å². The molecule has 2 heterocycles. The van der Waals surface area contributed by atoms with Gasteiger partial charge >= 0.3 is 11.9 Å². The van der Waals surface area contributed by atoms with E-state index in [1.807, 2.05) is 147 Å². The number of halogens is 1. The molecule has 13 heteroatoms. The molecule has 0 saturated heterocycles. The molecule has 8 nitrogen and oxygen atoms in total. The first-order valence-electron chi connectivity index (χ1n) is 21.6. The number of carbonyl (C=O) groups excluding carboxylic acids is 2. The molecule has 0 amide bonds. The van der Waals surface area contributed by atoms with Crippen LogP contribution in [0.15, 0.2) is 146 Å². The van der Waals surface area contributed by atoms with Crippen LogP contribution in [0.3, 0.4) is 0 Å². The Morgan fingerprint density at radius 1 is 0.500 bits per heavy atom. The molecular weight excluding hydrogens is 1110 g/mol. The predicted molar refractivity (Wildman–Crippen MR) is 289 cm³/mol. The van der Waals surface area contributed by atoms with Gasteiger partial charge in [0.1, 0.15) is 24.7 Å². The van der Waals surface area contributed by atoms with Crippen molar-refractivity contribution in [2.75, 3.05) is 20.5 Å². The summed E-state index contributed by atoms with van der Waals surface area (Å²) in [5.41, 5.74) is 7.20. The number of rotatable bonds is 15. The minimum atomic E-state index is -0.356. The number of benzene rings is 4. The van der Waals surface area contributed by atoms with E-state index in [0.29, 0.717) is 30.1 Å². The van der Waals surface area contributed by atoms with Crippen LogP contribution < -0.4 is 9.47 Å². The Balaban J connectivity index is -0.000000280. The molecule has 4 aromatic carbocycles. The van der Waals surface area contributed by atoms with Gasteiger partial charge in [-0.15, -0.1) is 0 Å². The van der Waals surface area contributed by atoms with Crippen molar-refractivity contribution in [2.24, 2.45) is 0 Å². The zero-order valence-corrected chi connectivity index (χ0v) is 51.7. The number of pyridine rings is 2. The summed E-state index contributed by atoms with van der Waals surface area (Å²) < 4.78 is 21.2. The van der Waals surface area contributed by atoms with Gasteiger partial charge in [-0.05, 0) is 53.8 Å². The third-order valence-corrected chi connectivity index (χ3v) is 10.1. The fourth-order valence-electron chi connectivity index (χ4n) is 5.08. The van der Waals surface area contributed by atoms with Crippen molar-refractivity contribution in [1.29, 1.82) is 0 Å². The summed E-state index contributed by atoms with van der Waals surface area (Å²) in [7, 11) is 2.75. The van der Waals surface area contributed by atoms with Gasteiger partial charge in [0, 0.05) is 112 Å². The van der Waals surface area contributed by atoms with Crippen molar-refractivity contribution >= 4 is 51.4 Å². The zero-order chi connectivity index (χ0) is 47.8. The molecule has 6 aromatic rings. The van der Waals surface area contributed by atoms with Gasteiger partial charge in [0.05, 0.1) is 36.7 Å². The number of nitrogens with zero attached hydrogens (tertiary/aromatic N) is 2. The molecule has 2 aromatic heterocycles. The number of carbonyl (C=O) groups is 2. The molecule has 368 valence electrons. The zero-order valence-electron chi connectivity index (χ0n) is 42.8. The Hall–Kier alpha value is -2.89. The minimum Gasteiger partial charge on any atom is -0.489 e. The Kier molecular flexibility index (Phi) is 55.0. The van der Waals surface area contributed by atoms with Crippen LogP contribution in [0.5, 0.6) is 11.5 Å². The van der Waals surface area contributed by atoms with Crippen molar-refractivity contribution in [2.45, 2.75) is 91.2 Å². The molecule has 6 rings (SSSR count). The molecule has 2 radical (unpaired) electrons. The van der Waals surface area contributed by atoms with E-state index in [-0.39, 0.29) is 92.2 Å². The normalized spacial score (nSPS) is 8.71. The number of alkyl halides is 1. The average Bonchev–Trinajstić information content (AvgIpc) is 3.39. The summed E-state index contributed by atoms with van der Waals surface area (Å²) in [6.45, 7) is 17.2. The number of hydrogen-bond donors (Lipinski definition) is 0. The third kappa shape index (κ3) is 30.0. The maximum atomic E-state index is 11.8. The fourth-order valence-corrected chi connectivity index (χ4v) is 7.03. The Bertz CT molecular complexity index is 2090. The van der Waals surface area contributed by atoms with Gasteiger partial charge in [0.25, 0.3) is 0 Å². The molecule has 0 aliphatic heterocycles. The second-order valence-corrected chi connectivity index (χ2v) is 14.2. The summed E-state index contributed by atoms with van der Waals surface area (Å²) in [6.07, 6.45) is 5.34. The van der Waals surface area contributed by atoms with Gasteiger partial charge in [-0.3, -0.25) is 9.97 Å². The predicted octanol–water partition coefficient (Wildman–Crippen LogP) is 15.8. The van der Waals surface area contributed by atoms with E-state index in [2.05, 4.69) is 54.9 Å². The van der Waals surface area contributed by atoms with Crippen LogP contribution in [0, 0.1) is 14.9 Å². The number of hydrogen-bond acceptors (Lipinski definition) is 10. The van der Waals surface area contributed by atoms with E-state index in [0.717, 1.165) is 50.8 Å². The minimum absolute atomic E-state index is 0. The van der Waals surface area contributed by atoms with Crippen LogP contribution in [0.2, 0.25) is 0 Å². The first-order valence-corrected chi connectivity index (χ1v) is 25.3. The number of ether oxygens (including phenoxy) is 4. The van der Waals surface area contributed by atoms with E-state index >= 15 is 0 Å². The molecule has 0 spiro atoms. The van der Waals surface area contributed by atoms with E-state index in [1.165, 1.54) is 25.3 Å².